The topological polar surface area (TPSA) is 44.7 Å². The molecule has 0 bridgehead atoms. The fourth-order valence-electron chi connectivity index (χ4n) is 1.22. The zero-order valence-corrected chi connectivity index (χ0v) is 10.1. The zero-order valence-electron chi connectivity index (χ0n) is 8.50. The molecule has 2 nitrogen and oxygen atoms in total. The average molecular weight is 234 g/mol. The Bertz CT molecular complexity index is 297. The van der Waals surface area contributed by atoms with Crippen LogP contribution in [0.4, 0.5) is 0 Å². The van der Waals surface area contributed by atoms with Crippen molar-refractivity contribution in [2.45, 2.75) is 24.3 Å². The molecule has 0 saturated carbocycles. The van der Waals surface area contributed by atoms with E-state index in [9.17, 15) is 4.21 Å². The van der Waals surface area contributed by atoms with Crippen LogP contribution in [0.15, 0.2) is 29.2 Å². The van der Waals surface area contributed by atoms with Crippen LogP contribution in [-0.2, 0) is 17.2 Å². The van der Waals surface area contributed by atoms with Gasteiger partial charge in [0.05, 0.1) is 6.04 Å². The molecule has 0 aromatic heterocycles. The molecule has 0 spiro atoms. The summed E-state index contributed by atoms with van der Waals surface area (Å²) in [4.78, 5) is 0.889. The lowest BCUT2D eigenvalue weighted by atomic mass is 10.1. The molecular formula is C10H16ClNOS. The highest BCUT2D eigenvalue weighted by molar-refractivity contribution is 7.84. The molecule has 2 unspecified atom stereocenters. The Morgan fingerprint density at radius 3 is 2.21 bits per heavy atom. The third kappa shape index (κ3) is 4.22. The second-order valence-electron chi connectivity index (χ2n) is 3.41. The number of halogens is 1. The smallest absolute Gasteiger partial charge is 0.0855 e. The van der Waals surface area contributed by atoms with Crippen molar-refractivity contribution in [1.29, 1.82) is 0 Å². The lowest BCUT2D eigenvalue weighted by Crippen LogP contribution is -3.00. The van der Waals surface area contributed by atoms with Gasteiger partial charge in [-0.05, 0) is 24.6 Å². The Morgan fingerprint density at radius 2 is 1.86 bits per heavy atom. The van der Waals surface area contributed by atoms with Crippen molar-refractivity contribution >= 4 is 10.8 Å². The van der Waals surface area contributed by atoms with E-state index in [1.807, 2.05) is 24.3 Å². The lowest BCUT2D eigenvalue weighted by Gasteiger charge is -2.03. The van der Waals surface area contributed by atoms with Crippen molar-refractivity contribution in [2.24, 2.45) is 0 Å². The first kappa shape index (κ1) is 13.6. The van der Waals surface area contributed by atoms with E-state index in [1.54, 1.807) is 6.26 Å². The molecule has 14 heavy (non-hydrogen) atoms. The summed E-state index contributed by atoms with van der Waals surface area (Å²) in [6.45, 7) is 2.09. The fourth-order valence-corrected chi connectivity index (χ4v) is 1.74. The van der Waals surface area contributed by atoms with Gasteiger partial charge in [-0.15, -0.1) is 0 Å². The summed E-state index contributed by atoms with van der Waals surface area (Å²) in [5, 5.41) is 0. The maximum atomic E-state index is 11.1. The molecule has 80 valence electrons. The maximum Gasteiger partial charge on any atom is 0.0855 e. The number of rotatable bonds is 3. The van der Waals surface area contributed by atoms with Gasteiger partial charge in [0.2, 0.25) is 0 Å². The largest absolute Gasteiger partial charge is 1.00 e. The fraction of sp³-hybridized carbons (Fsp3) is 0.400. The maximum absolute atomic E-state index is 11.1. The third-order valence-corrected chi connectivity index (χ3v) is 2.78. The summed E-state index contributed by atoms with van der Waals surface area (Å²) in [6.07, 6.45) is 2.68. The molecule has 0 aliphatic carbocycles. The minimum atomic E-state index is -0.866. The van der Waals surface area contributed by atoms with Crippen molar-refractivity contribution in [3.8, 4) is 0 Å². The van der Waals surface area contributed by atoms with Gasteiger partial charge in [0, 0.05) is 28.4 Å². The summed E-state index contributed by atoms with van der Waals surface area (Å²) >= 11 is 0. The van der Waals surface area contributed by atoms with Crippen LogP contribution in [0.1, 0.15) is 12.5 Å². The Balaban J connectivity index is 0.00000169. The van der Waals surface area contributed by atoms with Crippen molar-refractivity contribution in [3.05, 3.63) is 29.8 Å². The SMILES string of the molecule is CC([NH3+])Cc1ccc(S(C)=O)cc1.[Cl-]. The van der Waals surface area contributed by atoms with E-state index in [0.29, 0.717) is 6.04 Å². The first-order chi connectivity index (χ1) is 6.09. The molecule has 0 aliphatic rings. The van der Waals surface area contributed by atoms with E-state index in [2.05, 4.69) is 12.7 Å². The van der Waals surface area contributed by atoms with Gasteiger partial charge in [0.15, 0.2) is 0 Å². The van der Waals surface area contributed by atoms with Gasteiger partial charge in [-0.2, -0.15) is 0 Å². The van der Waals surface area contributed by atoms with Gasteiger partial charge in [-0.1, -0.05) is 12.1 Å². The molecule has 4 heteroatoms. The summed E-state index contributed by atoms with van der Waals surface area (Å²) in [6, 6.07) is 8.33. The Labute approximate surface area is 93.8 Å². The molecule has 0 amide bonds. The van der Waals surface area contributed by atoms with Crippen molar-refractivity contribution in [2.75, 3.05) is 6.26 Å². The Hall–Kier alpha value is -0.380. The van der Waals surface area contributed by atoms with Crippen LogP contribution < -0.4 is 18.1 Å². The van der Waals surface area contributed by atoms with Crippen molar-refractivity contribution < 1.29 is 22.3 Å². The third-order valence-electron chi connectivity index (χ3n) is 1.84. The molecule has 0 saturated heterocycles. The number of hydrogen-bond donors (Lipinski definition) is 1. The standard InChI is InChI=1S/C10H15NOS.ClH/c1-8(11)7-9-3-5-10(6-4-9)13(2)12;/h3-6,8H,7,11H2,1-2H3;1H. The average Bonchev–Trinajstić information content (AvgIpc) is 2.04. The van der Waals surface area contributed by atoms with Gasteiger partial charge in [0.1, 0.15) is 0 Å². The van der Waals surface area contributed by atoms with E-state index in [0.717, 1.165) is 11.3 Å². The molecule has 0 aliphatic heterocycles. The second-order valence-corrected chi connectivity index (χ2v) is 4.79. The summed E-state index contributed by atoms with van der Waals surface area (Å²) < 4.78 is 11.1. The number of quaternary nitrogens is 1. The van der Waals surface area contributed by atoms with Crippen LogP contribution in [0.3, 0.4) is 0 Å². The lowest BCUT2D eigenvalue weighted by molar-refractivity contribution is -0.413. The highest BCUT2D eigenvalue weighted by Gasteiger charge is 2.01. The van der Waals surface area contributed by atoms with Gasteiger partial charge < -0.3 is 18.1 Å². The summed E-state index contributed by atoms with van der Waals surface area (Å²) in [7, 11) is -0.866. The molecule has 0 fully saturated rings. The first-order valence-electron chi connectivity index (χ1n) is 4.35. The Morgan fingerprint density at radius 1 is 1.36 bits per heavy atom. The van der Waals surface area contributed by atoms with E-state index < -0.39 is 10.8 Å². The highest BCUT2D eigenvalue weighted by Crippen LogP contribution is 2.08. The number of benzene rings is 1. The molecule has 1 rings (SSSR count). The first-order valence-corrected chi connectivity index (χ1v) is 5.91. The normalized spacial score (nSPS) is 14.2. The molecule has 0 heterocycles. The van der Waals surface area contributed by atoms with Gasteiger partial charge >= 0.3 is 0 Å². The monoisotopic (exact) mass is 233 g/mol. The van der Waals surface area contributed by atoms with Crippen LogP contribution in [0.25, 0.3) is 0 Å². The predicted octanol–water partition coefficient (Wildman–Crippen LogP) is -2.40. The van der Waals surface area contributed by atoms with Gasteiger partial charge in [-0.3, -0.25) is 4.21 Å². The molecule has 1 aromatic rings. The molecule has 3 N–H and O–H groups in total. The summed E-state index contributed by atoms with van der Waals surface area (Å²) in [5.41, 5.74) is 5.19. The molecule has 2 atom stereocenters. The van der Waals surface area contributed by atoms with Crippen molar-refractivity contribution in [1.82, 2.24) is 0 Å². The van der Waals surface area contributed by atoms with Crippen LogP contribution in [0.5, 0.6) is 0 Å². The molecular weight excluding hydrogens is 218 g/mol. The minimum absolute atomic E-state index is 0. The van der Waals surface area contributed by atoms with E-state index in [1.165, 1.54) is 5.56 Å². The zero-order chi connectivity index (χ0) is 9.84. The van der Waals surface area contributed by atoms with Crippen LogP contribution in [0, 0.1) is 0 Å². The van der Waals surface area contributed by atoms with Crippen molar-refractivity contribution in [3.63, 3.8) is 0 Å². The van der Waals surface area contributed by atoms with Crippen LogP contribution in [0.2, 0.25) is 0 Å². The minimum Gasteiger partial charge on any atom is -1.00 e. The predicted molar refractivity (Wildman–Crippen MR) is 54.8 cm³/mol. The van der Waals surface area contributed by atoms with E-state index in [-0.39, 0.29) is 12.4 Å². The quantitative estimate of drug-likeness (QED) is 0.622. The highest BCUT2D eigenvalue weighted by atomic mass is 35.5. The van der Waals surface area contributed by atoms with E-state index in [4.69, 9.17) is 0 Å². The summed E-state index contributed by atoms with van der Waals surface area (Å²) in [5.74, 6) is 0. The Kier molecular flexibility index (Phi) is 6.00. The second kappa shape index (κ2) is 6.17. The van der Waals surface area contributed by atoms with E-state index >= 15 is 0 Å². The van der Waals surface area contributed by atoms with Crippen LogP contribution in [-0.4, -0.2) is 16.5 Å². The van der Waals surface area contributed by atoms with Gasteiger partial charge in [-0.25, -0.2) is 0 Å². The van der Waals surface area contributed by atoms with Gasteiger partial charge in [0.25, 0.3) is 0 Å². The number of hydrogen-bond acceptors (Lipinski definition) is 1. The van der Waals surface area contributed by atoms with Crippen LogP contribution >= 0.6 is 0 Å². The molecule has 1 aromatic carbocycles. The molecule has 0 radical (unpaired) electrons.